The molecule has 2 aromatic carbocycles. The fourth-order valence-electron chi connectivity index (χ4n) is 2.60. The zero-order valence-electron chi connectivity index (χ0n) is 14.8. The number of Topliss-reactive ketones (excluding diaryl/α,β-unsaturated/α-hetero) is 1. The predicted molar refractivity (Wildman–Crippen MR) is 94.7 cm³/mol. The van der Waals surface area contributed by atoms with Gasteiger partial charge in [0.1, 0.15) is 11.3 Å². The average molecular weight is 372 g/mol. The van der Waals surface area contributed by atoms with E-state index in [9.17, 15) is 14.0 Å². The van der Waals surface area contributed by atoms with E-state index in [1.165, 1.54) is 25.5 Å². The summed E-state index contributed by atoms with van der Waals surface area (Å²) in [6.45, 7) is -0.478. The van der Waals surface area contributed by atoms with Gasteiger partial charge in [-0.15, -0.1) is 0 Å². The standard InChI is InChI=1S/C20H17FO6/c1-24-14-4-5-15-13(10-26-19(15)9-14)8-20(23)27-11-17(22)12-3-6-18(25-2)16(21)7-12/h3-7,9-10H,8,11H2,1-2H3. The van der Waals surface area contributed by atoms with E-state index in [-0.39, 0.29) is 17.7 Å². The largest absolute Gasteiger partial charge is 0.497 e. The second-order valence-corrected chi connectivity index (χ2v) is 5.73. The molecule has 0 atom stereocenters. The summed E-state index contributed by atoms with van der Waals surface area (Å²) in [6, 6.07) is 9.06. The molecule has 0 aliphatic rings. The molecule has 0 N–H and O–H groups in total. The third-order valence-electron chi connectivity index (χ3n) is 4.04. The minimum Gasteiger partial charge on any atom is -0.497 e. The Morgan fingerprint density at radius 1 is 1.07 bits per heavy atom. The molecule has 27 heavy (non-hydrogen) atoms. The maximum absolute atomic E-state index is 13.7. The Hall–Kier alpha value is -3.35. The number of rotatable bonds is 7. The molecule has 0 aliphatic heterocycles. The van der Waals surface area contributed by atoms with Crippen molar-refractivity contribution in [3.63, 3.8) is 0 Å². The van der Waals surface area contributed by atoms with Gasteiger partial charge in [-0.05, 0) is 30.3 Å². The van der Waals surface area contributed by atoms with Gasteiger partial charge in [-0.2, -0.15) is 0 Å². The molecule has 6 nitrogen and oxygen atoms in total. The van der Waals surface area contributed by atoms with Crippen molar-refractivity contribution < 1.29 is 32.6 Å². The Morgan fingerprint density at radius 2 is 1.89 bits per heavy atom. The first-order valence-corrected chi connectivity index (χ1v) is 8.08. The van der Waals surface area contributed by atoms with Crippen LogP contribution in [-0.4, -0.2) is 32.6 Å². The quantitative estimate of drug-likeness (QED) is 0.466. The topological polar surface area (TPSA) is 75.0 Å². The number of ketones is 1. The van der Waals surface area contributed by atoms with E-state index in [1.807, 2.05) is 0 Å². The average Bonchev–Trinajstić information content (AvgIpc) is 3.07. The molecule has 0 fully saturated rings. The monoisotopic (exact) mass is 372 g/mol. The number of furan rings is 1. The summed E-state index contributed by atoms with van der Waals surface area (Å²) in [4.78, 5) is 24.1. The number of hydrogen-bond acceptors (Lipinski definition) is 6. The van der Waals surface area contributed by atoms with Crippen LogP contribution in [-0.2, 0) is 16.0 Å². The van der Waals surface area contributed by atoms with Gasteiger partial charge in [-0.3, -0.25) is 9.59 Å². The molecule has 0 bridgehead atoms. The molecule has 3 rings (SSSR count). The Labute approximate surface area is 154 Å². The Kier molecular flexibility index (Phi) is 5.40. The van der Waals surface area contributed by atoms with Crippen LogP contribution < -0.4 is 9.47 Å². The lowest BCUT2D eigenvalue weighted by Crippen LogP contribution is -2.15. The summed E-state index contributed by atoms with van der Waals surface area (Å²) in [6.07, 6.45) is 1.41. The molecular formula is C20H17FO6. The van der Waals surface area contributed by atoms with Crippen molar-refractivity contribution in [1.29, 1.82) is 0 Å². The minimum atomic E-state index is -0.657. The molecule has 1 aromatic heterocycles. The van der Waals surface area contributed by atoms with Crippen LogP contribution in [0.4, 0.5) is 4.39 Å². The van der Waals surface area contributed by atoms with Crippen LogP contribution in [0.3, 0.4) is 0 Å². The van der Waals surface area contributed by atoms with Crippen LogP contribution in [0, 0.1) is 5.82 Å². The molecule has 7 heteroatoms. The maximum atomic E-state index is 13.7. The highest BCUT2D eigenvalue weighted by atomic mass is 19.1. The lowest BCUT2D eigenvalue weighted by atomic mass is 10.1. The van der Waals surface area contributed by atoms with E-state index in [1.54, 1.807) is 25.3 Å². The first-order chi connectivity index (χ1) is 13.0. The number of esters is 1. The number of ether oxygens (including phenoxy) is 3. The van der Waals surface area contributed by atoms with Gasteiger partial charge >= 0.3 is 5.97 Å². The predicted octanol–water partition coefficient (Wildman–Crippen LogP) is 3.56. The zero-order chi connectivity index (χ0) is 19.4. The third kappa shape index (κ3) is 4.08. The van der Waals surface area contributed by atoms with Crippen molar-refractivity contribution in [2.45, 2.75) is 6.42 Å². The summed E-state index contributed by atoms with van der Waals surface area (Å²) in [7, 11) is 2.88. The van der Waals surface area contributed by atoms with Gasteiger partial charge in [-0.25, -0.2) is 4.39 Å². The first-order valence-electron chi connectivity index (χ1n) is 8.08. The number of carbonyl (C=O) groups excluding carboxylic acids is 2. The van der Waals surface area contributed by atoms with Crippen molar-refractivity contribution >= 4 is 22.7 Å². The van der Waals surface area contributed by atoms with Crippen molar-refractivity contribution in [2.75, 3.05) is 20.8 Å². The SMILES string of the molecule is COc1ccc2c(CC(=O)OCC(=O)c3ccc(OC)c(F)c3)coc2c1. The molecular weight excluding hydrogens is 355 g/mol. The summed E-state index contributed by atoms with van der Waals surface area (Å²) in [5.41, 5.74) is 1.32. The van der Waals surface area contributed by atoms with Crippen molar-refractivity contribution in [3.05, 3.63) is 59.6 Å². The number of hydrogen-bond donors (Lipinski definition) is 0. The molecule has 0 aliphatic carbocycles. The molecule has 0 amide bonds. The number of carbonyl (C=O) groups is 2. The Balaban J connectivity index is 1.61. The van der Waals surface area contributed by atoms with Gasteiger partial charge in [0.05, 0.1) is 26.9 Å². The van der Waals surface area contributed by atoms with E-state index < -0.39 is 24.2 Å². The van der Waals surface area contributed by atoms with Crippen molar-refractivity contribution in [2.24, 2.45) is 0 Å². The fraction of sp³-hybridized carbons (Fsp3) is 0.200. The van der Waals surface area contributed by atoms with E-state index in [0.717, 1.165) is 11.5 Å². The van der Waals surface area contributed by atoms with Crippen LogP contribution in [0.5, 0.6) is 11.5 Å². The molecule has 0 unspecified atom stereocenters. The van der Waals surface area contributed by atoms with E-state index in [2.05, 4.69) is 0 Å². The number of methoxy groups -OCH3 is 2. The highest BCUT2D eigenvalue weighted by molar-refractivity contribution is 5.98. The number of fused-ring (bicyclic) bond motifs is 1. The lowest BCUT2D eigenvalue weighted by molar-refractivity contribution is -0.141. The summed E-state index contributed by atoms with van der Waals surface area (Å²) in [5, 5.41) is 0.760. The third-order valence-corrected chi connectivity index (χ3v) is 4.04. The van der Waals surface area contributed by atoms with Gasteiger partial charge in [-0.1, -0.05) is 0 Å². The second-order valence-electron chi connectivity index (χ2n) is 5.73. The van der Waals surface area contributed by atoms with Crippen molar-refractivity contribution in [3.8, 4) is 11.5 Å². The van der Waals surface area contributed by atoms with E-state index in [4.69, 9.17) is 18.6 Å². The fourth-order valence-corrected chi connectivity index (χ4v) is 2.60. The Morgan fingerprint density at radius 3 is 2.59 bits per heavy atom. The molecule has 0 saturated carbocycles. The molecule has 0 radical (unpaired) electrons. The lowest BCUT2D eigenvalue weighted by Gasteiger charge is -2.06. The number of benzene rings is 2. The zero-order valence-corrected chi connectivity index (χ0v) is 14.8. The van der Waals surface area contributed by atoms with Crippen LogP contribution in [0.1, 0.15) is 15.9 Å². The highest BCUT2D eigenvalue weighted by Crippen LogP contribution is 2.26. The van der Waals surface area contributed by atoms with Gasteiger partial charge in [0.2, 0.25) is 0 Å². The molecule has 140 valence electrons. The second kappa shape index (κ2) is 7.90. The minimum absolute atomic E-state index is 0.0343. The first kappa shape index (κ1) is 18.4. The number of halogens is 1. The molecule has 1 heterocycles. The molecule has 0 saturated heterocycles. The molecule has 0 spiro atoms. The van der Waals surface area contributed by atoms with Crippen molar-refractivity contribution in [1.82, 2.24) is 0 Å². The normalized spacial score (nSPS) is 10.6. The highest BCUT2D eigenvalue weighted by Gasteiger charge is 2.15. The Bertz CT molecular complexity index is 991. The van der Waals surface area contributed by atoms with Gasteiger partial charge in [0.15, 0.2) is 24.0 Å². The van der Waals surface area contributed by atoms with Gasteiger partial charge in [0, 0.05) is 22.6 Å². The summed E-state index contributed by atoms with van der Waals surface area (Å²) in [5.74, 6) is -1.08. The van der Waals surface area contributed by atoms with Crippen LogP contribution in [0.2, 0.25) is 0 Å². The van der Waals surface area contributed by atoms with E-state index >= 15 is 0 Å². The summed E-state index contributed by atoms with van der Waals surface area (Å²) >= 11 is 0. The van der Waals surface area contributed by atoms with Gasteiger partial charge in [0.25, 0.3) is 0 Å². The van der Waals surface area contributed by atoms with Gasteiger partial charge < -0.3 is 18.6 Å². The summed E-state index contributed by atoms with van der Waals surface area (Å²) < 4.78 is 34.0. The van der Waals surface area contributed by atoms with Crippen LogP contribution >= 0.6 is 0 Å². The van der Waals surface area contributed by atoms with E-state index in [0.29, 0.717) is 16.9 Å². The smallest absolute Gasteiger partial charge is 0.310 e. The van der Waals surface area contributed by atoms with Crippen LogP contribution in [0.25, 0.3) is 11.0 Å². The molecule has 3 aromatic rings. The maximum Gasteiger partial charge on any atom is 0.310 e. The van der Waals surface area contributed by atoms with Crippen LogP contribution in [0.15, 0.2) is 47.1 Å².